The Labute approximate surface area is 95.2 Å². The van der Waals surface area contributed by atoms with E-state index in [0.29, 0.717) is 12.1 Å². The Morgan fingerprint density at radius 3 is 2.33 bits per heavy atom. The Kier molecular flexibility index (Phi) is 9.06. The maximum absolute atomic E-state index is 5.15. The molecule has 3 heteroatoms. The van der Waals surface area contributed by atoms with E-state index in [0.717, 1.165) is 32.7 Å². The summed E-state index contributed by atoms with van der Waals surface area (Å²) in [7, 11) is 1.76. The van der Waals surface area contributed by atoms with Gasteiger partial charge in [-0.25, -0.2) is 0 Å². The molecule has 1 unspecified atom stereocenters. The fourth-order valence-corrected chi connectivity index (χ4v) is 1.72. The molecule has 3 nitrogen and oxygen atoms in total. The van der Waals surface area contributed by atoms with Crippen LogP contribution in [0.1, 0.15) is 34.1 Å². The number of hydrogen-bond acceptors (Lipinski definition) is 3. The van der Waals surface area contributed by atoms with Crippen LogP contribution in [-0.4, -0.2) is 50.3 Å². The van der Waals surface area contributed by atoms with Gasteiger partial charge >= 0.3 is 0 Å². The van der Waals surface area contributed by atoms with Gasteiger partial charge in [-0.3, -0.25) is 4.90 Å². The van der Waals surface area contributed by atoms with Gasteiger partial charge in [-0.05, 0) is 26.8 Å². The predicted molar refractivity (Wildman–Crippen MR) is 66.3 cm³/mol. The monoisotopic (exact) mass is 216 g/mol. The van der Waals surface area contributed by atoms with Gasteiger partial charge in [0.2, 0.25) is 0 Å². The SMILES string of the molecule is CCC(COC)NCCN(CC)C(C)C. The van der Waals surface area contributed by atoms with Crippen LogP contribution in [0.5, 0.6) is 0 Å². The van der Waals surface area contributed by atoms with Crippen LogP contribution in [0.2, 0.25) is 0 Å². The van der Waals surface area contributed by atoms with Gasteiger partial charge in [0, 0.05) is 32.3 Å². The van der Waals surface area contributed by atoms with Crippen molar-refractivity contribution >= 4 is 0 Å². The van der Waals surface area contributed by atoms with Crippen LogP contribution in [0.15, 0.2) is 0 Å². The predicted octanol–water partition coefficient (Wildman–Crippen LogP) is 1.73. The minimum atomic E-state index is 0.501. The third-order valence-corrected chi connectivity index (χ3v) is 2.83. The van der Waals surface area contributed by atoms with Crippen molar-refractivity contribution in [2.45, 2.75) is 46.2 Å². The van der Waals surface area contributed by atoms with E-state index in [4.69, 9.17) is 4.74 Å². The molecule has 0 saturated heterocycles. The summed E-state index contributed by atoms with van der Waals surface area (Å²) in [5, 5.41) is 3.52. The quantitative estimate of drug-likeness (QED) is 0.635. The number of methoxy groups -OCH3 is 1. The molecule has 15 heavy (non-hydrogen) atoms. The van der Waals surface area contributed by atoms with Gasteiger partial charge in [-0.1, -0.05) is 13.8 Å². The molecule has 0 aromatic rings. The summed E-state index contributed by atoms with van der Waals surface area (Å²) in [6.45, 7) is 13.0. The van der Waals surface area contributed by atoms with E-state index in [2.05, 4.69) is 37.9 Å². The lowest BCUT2D eigenvalue weighted by Crippen LogP contribution is -2.41. The Hall–Kier alpha value is -0.120. The van der Waals surface area contributed by atoms with Crippen molar-refractivity contribution in [1.29, 1.82) is 0 Å². The van der Waals surface area contributed by atoms with E-state index in [1.165, 1.54) is 0 Å². The molecule has 0 aliphatic heterocycles. The zero-order valence-corrected chi connectivity index (χ0v) is 11.0. The third kappa shape index (κ3) is 6.88. The summed E-state index contributed by atoms with van der Waals surface area (Å²) in [5.41, 5.74) is 0. The van der Waals surface area contributed by atoms with Crippen molar-refractivity contribution in [3.05, 3.63) is 0 Å². The molecule has 0 bridgehead atoms. The summed E-state index contributed by atoms with van der Waals surface area (Å²) < 4.78 is 5.15. The molecule has 0 fully saturated rings. The highest BCUT2D eigenvalue weighted by atomic mass is 16.5. The molecule has 1 N–H and O–H groups in total. The second-order valence-electron chi connectivity index (χ2n) is 4.24. The van der Waals surface area contributed by atoms with Gasteiger partial charge in [0.05, 0.1) is 6.61 Å². The standard InChI is InChI=1S/C12H28N2O/c1-6-12(10-15-5)13-8-9-14(7-2)11(3)4/h11-13H,6-10H2,1-5H3. The normalized spacial score (nSPS) is 13.8. The first-order valence-corrected chi connectivity index (χ1v) is 6.12. The van der Waals surface area contributed by atoms with E-state index in [-0.39, 0.29) is 0 Å². The van der Waals surface area contributed by atoms with Crippen LogP contribution >= 0.6 is 0 Å². The Balaban J connectivity index is 3.65. The van der Waals surface area contributed by atoms with E-state index in [1.54, 1.807) is 7.11 Å². The Bertz CT molecular complexity index is 140. The summed E-state index contributed by atoms with van der Waals surface area (Å²) in [6.07, 6.45) is 1.13. The fourth-order valence-electron chi connectivity index (χ4n) is 1.72. The Morgan fingerprint density at radius 2 is 1.93 bits per heavy atom. The van der Waals surface area contributed by atoms with Gasteiger partial charge in [0.1, 0.15) is 0 Å². The van der Waals surface area contributed by atoms with Crippen LogP contribution in [0.4, 0.5) is 0 Å². The van der Waals surface area contributed by atoms with Gasteiger partial charge in [0.15, 0.2) is 0 Å². The molecule has 0 saturated carbocycles. The molecular weight excluding hydrogens is 188 g/mol. The summed E-state index contributed by atoms with van der Waals surface area (Å²) in [5.74, 6) is 0. The fraction of sp³-hybridized carbons (Fsp3) is 1.00. The third-order valence-electron chi connectivity index (χ3n) is 2.83. The van der Waals surface area contributed by atoms with Crippen molar-refractivity contribution < 1.29 is 4.74 Å². The lowest BCUT2D eigenvalue weighted by atomic mass is 10.2. The molecule has 0 aromatic heterocycles. The number of likely N-dealkylation sites (N-methyl/N-ethyl adjacent to an activating group) is 1. The van der Waals surface area contributed by atoms with E-state index in [1.807, 2.05) is 0 Å². The minimum absolute atomic E-state index is 0.501. The topological polar surface area (TPSA) is 24.5 Å². The molecule has 0 heterocycles. The van der Waals surface area contributed by atoms with Crippen LogP contribution < -0.4 is 5.32 Å². The molecule has 0 aliphatic carbocycles. The van der Waals surface area contributed by atoms with Gasteiger partial charge < -0.3 is 10.1 Å². The molecule has 1 atom stereocenters. The lowest BCUT2D eigenvalue weighted by molar-refractivity contribution is 0.159. The molecular formula is C12H28N2O. The molecule has 0 radical (unpaired) electrons. The summed E-state index contributed by atoms with van der Waals surface area (Å²) in [4.78, 5) is 2.46. The molecule has 0 amide bonds. The first kappa shape index (κ1) is 14.9. The highest BCUT2D eigenvalue weighted by Gasteiger charge is 2.08. The average Bonchev–Trinajstić information content (AvgIpc) is 2.22. The van der Waals surface area contributed by atoms with Crippen molar-refractivity contribution in [2.75, 3.05) is 33.4 Å². The zero-order chi connectivity index (χ0) is 11.7. The van der Waals surface area contributed by atoms with Crippen molar-refractivity contribution in [2.24, 2.45) is 0 Å². The second kappa shape index (κ2) is 9.13. The van der Waals surface area contributed by atoms with E-state index in [9.17, 15) is 0 Å². The van der Waals surface area contributed by atoms with Gasteiger partial charge in [-0.15, -0.1) is 0 Å². The van der Waals surface area contributed by atoms with E-state index < -0.39 is 0 Å². The maximum Gasteiger partial charge on any atom is 0.0615 e. The number of ether oxygens (including phenoxy) is 1. The molecule has 0 aromatic carbocycles. The highest BCUT2D eigenvalue weighted by molar-refractivity contribution is 4.67. The van der Waals surface area contributed by atoms with Crippen molar-refractivity contribution in [1.82, 2.24) is 10.2 Å². The van der Waals surface area contributed by atoms with Crippen LogP contribution in [-0.2, 0) is 4.74 Å². The van der Waals surface area contributed by atoms with Crippen LogP contribution in [0, 0.1) is 0 Å². The highest BCUT2D eigenvalue weighted by Crippen LogP contribution is 1.96. The number of hydrogen-bond donors (Lipinski definition) is 1. The molecule has 92 valence electrons. The van der Waals surface area contributed by atoms with E-state index >= 15 is 0 Å². The molecule has 0 spiro atoms. The van der Waals surface area contributed by atoms with Crippen molar-refractivity contribution in [3.63, 3.8) is 0 Å². The number of nitrogens with one attached hydrogen (secondary N) is 1. The number of nitrogens with zero attached hydrogens (tertiary/aromatic N) is 1. The largest absolute Gasteiger partial charge is 0.383 e. The molecule has 0 aliphatic rings. The smallest absolute Gasteiger partial charge is 0.0615 e. The van der Waals surface area contributed by atoms with Gasteiger partial charge in [0.25, 0.3) is 0 Å². The van der Waals surface area contributed by atoms with Crippen LogP contribution in [0.25, 0.3) is 0 Å². The molecule has 0 rings (SSSR count). The first-order valence-electron chi connectivity index (χ1n) is 6.12. The van der Waals surface area contributed by atoms with Gasteiger partial charge in [-0.2, -0.15) is 0 Å². The summed E-state index contributed by atoms with van der Waals surface area (Å²) >= 11 is 0. The number of rotatable bonds is 9. The summed E-state index contributed by atoms with van der Waals surface area (Å²) in [6, 6.07) is 1.14. The first-order chi connectivity index (χ1) is 7.15. The average molecular weight is 216 g/mol. The van der Waals surface area contributed by atoms with Crippen molar-refractivity contribution in [3.8, 4) is 0 Å². The Morgan fingerprint density at radius 1 is 1.27 bits per heavy atom. The maximum atomic E-state index is 5.15. The minimum Gasteiger partial charge on any atom is -0.383 e. The lowest BCUT2D eigenvalue weighted by Gasteiger charge is -2.26. The second-order valence-corrected chi connectivity index (χ2v) is 4.24. The zero-order valence-electron chi connectivity index (χ0n) is 11.0. The van der Waals surface area contributed by atoms with Crippen LogP contribution in [0.3, 0.4) is 0 Å².